The van der Waals surface area contributed by atoms with Crippen molar-refractivity contribution in [1.82, 2.24) is 4.31 Å². The third-order valence-corrected chi connectivity index (χ3v) is 5.50. The maximum absolute atomic E-state index is 11.9. The number of piperidine rings is 1. The normalized spacial score (nSPS) is 30.9. The summed E-state index contributed by atoms with van der Waals surface area (Å²) < 4.78 is 25.4. The van der Waals surface area contributed by atoms with Gasteiger partial charge in [0.15, 0.2) is 0 Å². The zero-order chi connectivity index (χ0) is 10.9. The van der Waals surface area contributed by atoms with Gasteiger partial charge in [-0.25, -0.2) is 12.7 Å². The van der Waals surface area contributed by atoms with Crippen LogP contribution in [0.3, 0.4) is 0 Å². The highest BCUT2D eigenvalue weighted by Crippen LogP contribution is 2.25. The number of hydrogen-bond acceptors (Lipinski definition) is 2. The third kappa shape index (κ3) is 2.28. The Hall–Kier alpha value is -0.0900. The molecule has 0 amide bonds. The molecule has 4 heteroatoms. The quantitative estimate of drug-likeness (QED) is 0.709. The van der Waals surface area contributed by atoms with Crippen molar-refractivity contribution in [1.29, 1.82) is 0 Å². The molecule has 0 bridgehead atoms. The van der Waals surface area contributed by atoms with Crippen molar-refractivity contribution in [3.8, 4) is 0 Å². The fourth-order valence-corrected chi connectivity index (χ4v) is 3.15. The summed E-state index contributed by atoms with van der Waals surface area (Å²) in [6.45, 7) is 9.22. The second-order valence-corrected chi connectivity index (χ2v) is 7.18. The van der Waals surface area contributed by atoms with Gasteiger partial charge < -0.3 is 0 Å². The summed E-state index contributed by atoms with van der Waals surface area (Å²) in [5, 5.41) is -0.289. The minimum absolute atomic E-state index is 0.289. The molecule has 0 spiro atoms. The van der Waals surface area contributed by atoms with Crippen molar-refractivity contribution < 1.29 is 8.42 Å². The van der Waals surface area contributed by atoms with E-state index in [1.54, 1.807) is 18.2 Å². The summed E-state index contributed by atoms with van der Waals surface area (Å²) in [7, 11) is -3.02. The lowest BCUT2D eigenvalue weighted by molar-refractivity contribution is 0.211. The Labute approximate surface area is 87.5 Å². The first kappa shape index (κ1) is 12.0. The van der Waals surface area contributed by atoms with Crippen LogP contribution in [0.2, 0.25) is 0 Å². The van der Waals surface area contributed by atoms with Crippen LogP contribution in [0.1, 0.15) is 34.1 Å². The van der Waals surface area contributed by atoms with E-state index in [0.29, 0.717) is 24.9 Å². The molecular weight excluding hydrogens is 198 g/mol. The van der Waals surface area contributed by atoms with Gasteiger partial charge >= 0.3 is 0 Å². The fourth-order valence-electron chi connectivity index (χ4n) is 1.75. The molecule has 1 aliphatic heterocycles. The molecule has 0 aromatic heterocycles. The molecule has 0 N–H and O–H groups in total. The summed E-state index contributed by atoms with van der Waals surface area (Å²) in [6, 6.07) is 0. The molecule has 84 valence electrons. The first-order valence-electron chi connectivity index (χ1n) is 5.34. The number of rotatable bonds is 2. The zero-order valence-corrected chi connectivity index (χ0v) is 10.3. The van der Waals surface area contributed by atoms with Gasteiger partial charge in [-0.3, -0.25) is 0 Å². The van der Waals surface area contributed by atoms with Gasteiger partial charge in [-0.05, 0) is 32.1 Å². The Bertz CT molecular complexity index is 284. The van der Waals surface area contributed by atoms with E-state index in [0.717, 1.165) is 6.42 Å². The van der Waals surface area contributed by atoms with Crippen LogP contribution < -0.4 is 0 Å². The smallest absolute Gasteiger partial charge is 0.212 e. The highest BCUT2D eigenvalue weighted by atomic mass is 32.2. The van der Waals surface area contributed by atoms with E-state index < -0.39 is 10.0 Å². The molecule has 1 saturated heterocycles. The highest BCUT2D eigenvalue weighted by Gasteiger charge is 2.32. The van der Waals surface area contributed by atoms with E-state index in [9.17, 15) is 8.42 Å². The van der Waals surface area contributed by atoms with Crippen LogP contribution in [0.15, 0.2) is 0 Å². The molecule has 2 atom stereocenters. The molecule has 3 nitrogen and oxygen atoms in total. The average molecular weight is 219 g/mol. The van der Waals surface area contributed by atoms with E-state index in [-0.39, 0.29) is 5.25 Å². The molecule has 0 aliphatic carbocycles. The van der Waals surface area contributed by atoms with Gasteiger partial charge in [-0.2, -0.15) is 0 Å². The molecule has 0 saturated carbocycles. The lowest BCUT2D eigenvalue weighted by atomic mass is 9.90. The van der Waals surface area contributed by atoms with E-state index in [4.69, 9.17) is 0 Å². The zero-order valence-electron chi connectivity index (χ0n) is 9.53. The van der Waals surface area contributed by atoms with Crippen molar-refractivity contribution in [3.63, 3.8) is 0 Å². The van der Waals surface area contributed by atoms with Gasteiger partial charge in [0, 0.05) is 13.1 Å². The van der Waals surface area contributed by atoms with Gasteiger partial charge in [0.25, 0.3) is 0 Å². The molecule has 0 radical (unpaired) electrons. The fraction of sp³-hybridized carbons (Fsp3) is 1.00. The van der Waals surface area contributed by atoms with Crippen molar-refractivity contribution in [3.05, 3.63) is 0 Å². The Morgan fingerprint density at radius 2 is 1.79 bits per heavy atom. The Morgan fingerprint density at radius 3 is 2.21 bits per heavy atom. The first-order valence-corrected chi connectivity index (χ1v) is 6.85. The van der Waals surface area contributed by atoms with Crippen LogP contribution in [0, 0.1) is 11.8 Å². The molecule has 1 heterocycles. The first-order chi connectivity index (χ1) is 6.35. The summed E-state index contributed by atoms with van der Waals surface area (Å²) in [6.07, 6.45) is 0.993. The van der Waals surface area contributed by atoms with E-state index >= 15 is 0 Å². The van der Waals surface area contributed by atoms with Gasteiger partial charge in [0.1, 0.15) is 0 Å². The summed E-state index contributed by atoms with van der Waals surface area (Å²) in [4.78, 5) is 0. The predicted molar refractivity (Wildman–Crippen MR) is 58.6 cm³/mol. The second-order valence-electron chi connectivity index (χ2n) is 4.69. The Kier molecular flexibility index (Phi) is 3.58. The van der Waals surface area contributed by atoms with Crippen LogP contribution in [0.5, 0.6) is 0 Å². The summed E-state index contributed by atoms with van der Waals surface area (Å²) in [5.74, 6) is 1.13. The van der Waals surface area contributed by atoms with Crippen molar-refractivity contribution in [2.45, 2.75) is 39.4 Å². The van der Waals surface area contributed by atoms with Crippen LogP contribution in [-0.2, 0) is 10.0 Å². The molecule has 1 rings (SSSR count). The van der Waals surface area contributed by atoms with Crippen molar-refractivity contribution >= 4 is 10.0 Å². The summed E-state index contributed by atoms with van der Waals surface area (Å²) >= 11 is 0. The maximum atomic E-state index is 11.9. The van der Waals surface area contributed by atoms with E-state index in [1.165, 1.54) is 0 Å². The highest BCUT2D eigenvalue weighted by molar-refractivity contribution is 7.89. The second kappa shape index (κ2) is 4.19. The van der Waals surface area contributed by atoms with E-state index in [2.05, 4.69) is 13.8 Å². The van der Waals surface area contributed by atoms with Crippen molar-refractivity contribution in [2.24, 2.45) is 11.8 Å². The molecule has 1 aliphatic rings. The number of nitrogens with zero attached hydrogens (tertiary/aromatic N) is 1. The topological polar surface area (TPSA) is 37.4 Å². The molecule has 0 aromatic rings. The lowest BCUT2D eigenvalue weighted by Crippen LogP contribution is -2.44. The standard InChI is InChI=1S/C10H21NO2S/c1-8(2)14(12,13)11-6-5-9(3)10(4)7-11/h8-10H,5-7H2,1-4H3/t9?,10-/m0/s1. The Morgan fingerprint density at radius 1 is 1.21 bits per heavy atom. The van der Waals surface area contributed by atoms with Gasteiger partial charge in [0.05, 0.1) is 5.25 Å². The van der Waals surface area contributed by atoms with Crippen LogP contribution in [0.25, 0.3) is 0 Å². The van der Waals surface area contributed by atoms with Gasteiger partial charge in [0.2, 0.25) is 10.0 Å². The van der Waals surface area contributed by atoms with Gasteiger partial charge in [-0.15, -0.1) is 0 Å². The maximum Gasteiger partial charge on any atom is 0.216 e. The Balaban J connectivity index is 2.73. The van der Waals surface area contributed by atoms with Crippen LogP contribution >= 0.6 is 0 Å². The molecule has 14 heavy (non-hydrogen) atoms. The average Bonchev–Trinajstić information content (AvgIpc) is 2.09. The molecular formula is C10H21NO2S. The minimum Gasteiger partial charge on any atom is -0.212 e. The number of sulfonamides is 1. The third-order valence-electron chi connectivity index (χ3n) is 3.25. The molecule has 0 aromatic carbocycles. The van der Waals surface area contributed by atoms with Crippen LogP contribution in [-0.4, -0.2) is 31.1 Å². The predicted octanol–water partition coefficient (Wildman–Crippen LogP) is 1.70. The molecule has 1 unspecified atom stereocenters. The lowest BCUT2D eigenvalue weighted by Gasteiger charge is -2.35. The minimum atomic E-state index is -3.02. The largest absolute Gasteiger partial charge is 0.216 e. The summed E-state index contributed by atoms with van der Waals surface area (Å²) in [5.41, 5.74) is 0. The SMILES string of the molecule is CC1CCN(S(=O)(=O)C(C)C)C[C@@H]1C. The van der Waals surface area contributed by atoms with Gasteiger partial charge in [-0.1, -0.05) is 13.8 Å². The van der Waals surface area contributed by atoms with Crippen LogP contribution in [0.4, 0.5) is 0 Å². The molecule has 1 fully saturated rings. The van der Waals surface area contributed by atoms with Crippen molar-refractivity contribution in [2.75, 3.05) is 13.1 Å². The monoisotopic (exact) mass is 219 g/mol. The number of hydrogen-bond donors (Lipinski definition) is 0. The van der Waals surface area contributed by atoms with E-state index in [1.807, 2.05) is 0 Å².